The lowest BCUT2D eigenvalue weighted by atomic mass is 10.1. The van der Waals surface area contributed by atoms with Crippen LogP contribution in [0.15, 0.2) is 0 Å². The van der Waals surface area contributed by atoms with Gasteiger partial charge in [-0.1, -0.05) is 41.5 Å². The summed E-state index contributed by atoms with van der Waals surface area (Å²) in [5.74, 6) is 0.186. The Morgan fingerprint density at radius 2 is 1.24 bits per heavy atom. The molecule has 0 aromatic carbocycles. The van der Waals surface area contributed by atoms with Crippen LogP contribution in [0.3, 0.4) is 0 Å². The Morgan fingerprint density at radius 3 is 1.60 bits per heavy atom. The van der Waals surface area contributed by atoms with Crippen molar-refractivity contribution in [2.75, 3.05) is 39.6 Å². The zero-order chi connectivity index (χ0) is 19.1. The predicted molar refractivity (Wildman–Crippen MR) is 97.7 cm³/mol. The molecule has 0 saturated carbocycles. The molecule has 144 valence electrons. The van der Waals surface area contributed by atoms with E-state index in [4.69, 9.17) is 0 Å². The van der Waals surface area contributed by atoms with E-state index < -0.39 is 0 Å². The number of carbonyl (C=O) groups is 3. The van der Waals surface area contributed by atoms with Crippen LogP contribution in [0.1, 0.15) is 41.5 Å². The molecule has 0 atom stereocenters. The molecule has 0 aliphatic carbocycles. The number of amides is 1. The number of rotatable bonds is 9. The van der Waals surface area contributed by atoms with Crippen LogP contribution in [0.2, 0.25) is 0 Å². The third-order valence-corrected chi connectivity index (χ3v) is 4.20. The highest BCUT2D eigenvalue weighted by molar-refractivity contribution is 5.83. The van der Waals surface area contributed by atoms with Gasteiger partial charge in [-0.05, 0) is 0 Å². The number of nitrogens with one attached hydrogen (secondary N) is 1. The minimum Gasteiger partial charge on any atom is -0.316 e. The molecule has 1 rings (SSSR count). The van der Waals surface area contributed by atoms with Crippen molar-refractivity contribution in [2.45, 2.75) is 47.6 Å². The molecule has 0 unspecified atom stereocenters. The van der Waals surface area contributed by atoms with E-state index in [1.165, 1.54) is 0 Å². The summed E-state index contributed by atoms with van der Waals surface area (Å²) in [7, 11) is 0. The van der Waals surface area contributed by atoms with E-state index in [1.807, 2.05) is 51.3 Å². The molecule has 0 spiro atoms. The van der Waals surface area contributed by atoms with E-state index in [-0.39, 0.29) is 41.9 Å². The van der Waals surface area contributed by atoms with Crippen molar-refractivity contribution in [3.63, 3.8) is 0 Å². The van der Waals surface area contributed by atoms with Gasteiger partial charge in [0.1, 0.15) is 11.6 Å². The second-order valence-corrected chi connectivity index (χ2v) is 7.79. The van der Waals surface area contributed by atoms with Crippen LogP contribution in [0.5, 0.6) is 0 Å². The maximum absolute atomic E-state index is 12.5. The van der Waals surface area contributed by atoms with Crippen LogP contribution in [0.4, 0.5) is 0 Å². The fourth-order valence-corrected chi connectivity index (χ4v) is 2.47. The molecule has 7 nitrogen and oxygen atoms in total. The summed E-state index contributed by atoms with van der Waals surface area (Å²) in [5, 5.41) is 3.13. The molecule has 0 aromatic heterocycles. The fraction of sp³-hybridized carbons (Fsp3) is 0.833. The van der Waals surface area contributed by atoms with E-state index in [1.54, 1.807) is 4.90 Å². The molecule has 0 radical (unpaired) electrons. The van der Waals surface area contributed by atoms with E-state index in [9.17, 15) is 14.4 Å². The molecule has 1 amide bonds. The van der Waals surface area contributed by atoms with Crippen molar-refractivity contribution in [1.82, 2.24) is 20.0 Å². The average molecular weight is 354 g/mol. The quantitative estimate of drug-likeness (QED) is 0.659. The van der Waals surface area contributed by atoms with E-state index in [0.29, 0.717) is 33.1 Å². The van der Waals surface area contributed by atoms with Gasteiger partial charge >= 0.3 is 0 Å². The van der Waals surface area contributed by atoms with Crippen molar-refractivity contribution in [1.29, 1.82) is 0 Å². The van der Waals surface area contributed by atoms with Gasteiger partial charge < -0.3 is 10.2 Å². The Bertz CT molecular complexity index is 447. The molecular formula is C18H34N4O3. The highest BCUT2D eigenvalue weighted by Gasteiger charge is 2.29. The largest absolute Gasteiger partial charge is 0.316 e. The van der Waals surface area contributed by atoms with Gasteiger partial charge in [0.25, 0.3) is 0 Å². The van der Waals surface area contributed by atoms with Gasteiger partial charge in [-0.2, -0.15) is 0 Å². The summed E-state index contributed by atoms with van der Waals surface area (Å²) in [6.07, 6.45) is 0. The van der Waals surface area contributed by atoms with Crippen molar-refractivity contribution in [3.8, 4) is 0 Å². The normalized spacial score (nSPS) is 16.9. The number of hydrogen-bond donors (Lipinski definition) is 1. The fourth-order valence-electron chi connectivity index (χ4n) is 2.47. The number of nitrogens with zero attached hydrogens (tertiary/aromatic N) is 3. The second kappa shape index (κ2) is 9.99. The first kappa shape index (κ1) is 21.7. The molecular weight excluding hydrogens is 320 g/mol. The van der Waals surface area contributed by atoms with Crippen LogP contribution in [0.25, 0.3) is 0 Å². The minimum atomic E-state index is -0.0422. The lowest BCUT2D eigenvalue weighted by Crippen LogP contribution is -2.59. The van der Waals surface area contributed by atoms with E-state index in [0.717, 1.165) is 0 Å². The first-order chi connectivity index (χ1) is 11.6. The average Bonchev–Trinajstić information content (AvgIpc) is 2.51. The summed E-state index contributed by atoms with van der Waals surface area (Å²) in [4.78, 5) is 42.2. The van der Waals surface area contributed by atoms with Crippen LogP contribution in [-0.4, -0.2) is 77.9 Å². The zero-order valence-electron chi connectivity index (χ0n) is 16.5. The van der Waals surface area contributed by atoms with Crippen molar-refractivity contribution in [2.24, 2.45) is 11.8 Å². The third-order valence-electron chi connectivity index (χ3n) is 4.20. The van der Waals surface area contributed by atoms with Crippen molar-refractivity contribution >= 4 is 17.5 Å². The smallest absolute Gasteiger partial charge is 0.238 e. The highest BCUT2D eigenvalue weighted by atomic mass is 16.2. The van der Waals surface area contributed by atoms with Gasteiger partial charge in [0.15, 0.2) is 0 Å². The van der Waals surface area contributed by atoms with Gasteiger partial charge in [0, 0.05) is 17.9 Å². The standard InChI is InChI=1S/C18H34N4O3/c1-13(2)16(23)8-20-10-21(9-17(24)14(3)4)12-22(11-20)18(25)7-19-15(5)6/h13-15,19H,7-12H2,1-6H3. The molecule has 1 aliphatic heterocycles. The number of ketones is 2. The lowest BCUT2D eigenvalue weighted by molar-refractivity contribution is -0.146. The summed E-state index contributed by atoms with van der Waals surface area (Å²) < 4.78 is 0. The Balaban J connectivity index is 2.76. The van der Waals surface area contributed by atoms with Gasteiger partial charge in [-0.25, -0.2) is 0 Å². The summed E-state index contributed by atoms with van der Waals surface area (Å²) in [6, 6.07) is 0.228. The van der Waals surface area contributed by atoms with Crippen LogP contribution < -0.4 is 5.32 Å². The molecule has 0 bridgehead atoms. The molecule has 1 heterocycles. The van der Waals surface area contributed by atoms with Crippen LogP contribution in [0, 0.1) is 11.8 Å². The molecule has 0 aromatic rings. The molecule has 1 fully saturated rings. The van der Waals surface area contributed by atoms with Crippen molar-refractivity contribution < 1.29 is 14.4 Å². The second-order valence-electron chi connectivity index (χ2n) is 7.79. The topological polar surface area (TPSA) is 73.0 Å². The van der Waals surface area contributed by atoms with Gasteiger partial charge in [-0.15, -0.1) is 0 Å². The van der Waals surface area contributed by atoms with E-state index >= 15 is 0 Å². The maximum atomic E-state index is 12.5. The van der Waals surface area contributed by atoms with E-state index in [2.05, 4.69) is 5.32 Å². The monoisotopic (exact) mass is 354 g/mol. The predicted octanol–water partition coefficient (Wildman–Crippen LogP) is 0.753. The summed E-state index contributed by atoms with van der Waals surface area (Å²) in [5.41, 5.74) is 0. The SMILES string of the molecule is CC(C)NCC(=O)N1CN(CC(=O)C(C)C)CN(CC(=O)C(C)C)C1. The molecule has 1 N–H and O–H groups in total. The molecule has 25 heavy (non-hydrogen) atoms. The van der Waals surface area contributed by atoms with Gasteiger partial charge in [-0.3, -0.25) is 24.2 Å². The van der Waals surface area contributed by atoms with Crippen LogP contribution in [-0.2, 0) is 14.4 Å². The Kier molecular flexibility index (Phi) is 8.68. The maximum Gasteiger partial charge on any atom is 0.238 e. The number of hydrogen-bond acceptors (Lipinski definition) is 6. The minimum absolute atomic E-state index is 0.0163. The summed E-state index contributed by atoms with van der Waals surface area (Å²) >= 11 is 0. The Labute approximate surface area is 151 Å². The Hall–Kier alpha value is -1.31. The highest BCUT2D eigenvalue weighted by Crippen LogP contribution is 2.11. The number of Topliss-reactive ketones (excluding diaryl/α,β-unsaturated/α-hetero) is 2. The zero-order valence-corrected chi connectivity index (χ0v) is 16.5. The van der Waals surface area contributed by atoms with Crippen LogP contribution >= 0.6 is 0 Å². The molecule has 1 saturated heterocycles. The third kappa shape index (κ3) is 7.63. The molecule has 1 aliphatic rings. The Morgan fingerprint density at radius 1 is 0.800 bits per heavy atom. The molecule has 7 heteroatoms. The summed E-state index contributed by atoms with van der Waals surface area (Å²) in [6.45, 7) is 13.7. The number of carbonyl (C=O) groups excluding carboxylic acids is 3. The first-order valence-electron chi connectivity index (χ1n) is 9.11. The van der Waals surface area contributed by atoms with Gasteiger partial charge in [0.05, 0.1) is 39.6 Å². The lowest BCUT2D eigenvalue weighted by Gasteiger charge is -2.42. The van der Waals surface area contributed by atoms with Crippen molar-refractivity contribution in [3.05, 3.63) is 0 Å². The first-order valence-corrected chi connectivity index (χ1v) is 9.11. The van der Waals surface area contributed by atoms with Gasteiger partial charge in [0.2, 0.25) is 5.91 Å².